The number of nitrogens with one attached hydrogen (secondary N) is 3. The number of carbonyl (C=O) groups is 1. The van der Waals surface area contributed by atoms with Gasteiger partial charge >= 0.3 is 0 Å². The van der Waals surface area contributed by atoms with Crippen molar-refractivity contribution in [3.05, 3.63) is 35.4 Å². The summed E-state index contributed by atoms with van der Waals surface area (Å²) in [6, 6.07) is 7.62. The molecule has 0 spiro atoms. The Hall–Kier alpha value is -2.04. The van der Waals surface area contributed by atoms with Crippen LogP contribution in [0.15, 0.2) is 29.3 Å². The molecular formula is C18H28N4O. The lowest BCUT2D eigenvalue weighted by atomic mass is 9.67. The molecule has 126 valence electrons. The van der Waals surface area contributed by atoms with Crippen molar-refractivity contribution >= 4 is 11.9 Å². The summed E-state index contributed by atoms with van der Waals surface area (Å²) in [6.45, 7) is 3.88. The van der Waals surface area contributed by atoms with E-state index in [2.05, 4.69) is 27.9 Å². The molecule has 0 saturated heterocycles. The van der Waals surface area contributed by atoms with Gasteiger partial charge in [-0.3, -0.25) is 9.79 Å². The van der Waals surface area contributed by atoms with Gasteiger partial charge in [0.15, 0.2) is 5.96 Å². The van der Waals surface area contributed by atoms with Crippen molar-refractivity contribution in [2.75, 3.05) is 20.6 Å². The highest BCUT2D eigenvalue weighted by Gasteiger charge is 2.34. The summed E-state index contributed by atoms with van der Waals surface area (Å²) in [6.07, 6.45) is 5.17. The molecule has 0 atom stereocenters. The molecule has 1 aliphatic rings. The van der Waals surface area contributed by atoms with Gasteiger partial charge in [-0.15, -0.1) is 0 Å². The fraction of sp³-hybridized carbons (Fsp3) is 0.556. The smallest absolute Gasteiger partial charge is 0.251 e. The number of hydrogen-bond acceptors (Lipinski definition) is 2. The first-order chi connectivity index (χ1) is 11.1. The van der Waals surface area contributed by atoms with Gasteiger partial charge < -0.3 is 16.0 Å². The summed E-state index contributed by atoms with van der Waals surface area (Å²) in [5.41, 5.74) is 2.19. The molecule has 1 aromatic rings. The van der Waals surface area contributed by atoms with Gasteiger partial charge in [0.2, 0.25) is 0 Å². The Morgan fingerprint density at radius 3 is 2.65 bits per heavy atom. The fourth-order valence-electron chi connectivity index (χ4n) is 2.98. The Balaban J connectivity index is 1.87. The first-order valence-corrected chi connectivity index (χ1v) is 8.38. The number of aliphatic imine (C=N–C) groups is 1. The molecule has 0 heterocycles. The van der Waals surface area contributed by atoms with Crippen LogP contribution in [-0.2, 0) is 6.54 Å². The fourth-order valence-corrected chi connectivity index (χ4v) is 2.98. The van der Waals surface area contributed by atoms with E-state index in [1.54, 1.807) is 14.1 Å². The van der Waals surface area contributed by atoms with E-state index >= 15 is 0 Å². The Labute approximate surface area is 139 Å². The van der Waals surface area contributed by atoms with Crippen LogP contribution in [0, 0.1) is 5.41 Å². The third-order valence-corrected chi connectivity index (χ3v) is 4.89. The highest BCUT2D eigenvalue weighted by molar-refractivity contribution is 5.94. The van der Waals surface area contributed by atoms with Crippen LogP contribution < -0.4 is 16.0 Å². The number of hydrogen-bond donors (Lipinski definition) is 3. The number of amides is 1. The van der Waals surface area contributed by atoms with E-state index < -0.39 is 0 Å². The highest BCUT2D eigenvalue weighted by Crippen LogP contribution is 2.42. The Bertz CT molecular complexity index is 558. The Morgan fingerprint density at radius 2 is 2.09 bits per heavy atom. The quantitative estimate of drug-likeness (QED) is 0.557. The lowest BCUT2D eigenvalue weighted by Gasteiger charge is -2.41. The molecule has 1 amide bonds. The van der Waals surface area contributed by atoms with Gasteiger partial charge in [0.25, 0.3) is 5.91 Å². The van der Waals surface area contributed by atoms with Crippen molar-refractivity contribution in [3.8, 4) is 0 Å². The van der Waals surface area contributed by atoms with Gasteiger partial charge in [-0.1, -0.05) is 25.5 Å². The van der Waals surface area contributed by atoms with Crippen molar-refractivity contribution in [2.24, 2.45) is 10.4 Å². The van der Waals surface area contributed by atoms with Gasteiger partial charge in [-0.2, -0.15) is 0 Å². The zero-order valence-electron chi connectivity index (χ0n) is 14.4. The third-order valence-electron chi connectivity index (χ3n) is 4.89. The average molecular weight is 316 g/mol. The summed E-state index contributed by atoms with van der Waals surface area (Å²) in [7, 11) is 3.43. The normalized spacial score (nSPS) is 16.4. The van der Waals surface area contributed by atoms with E-state index in [-0.39, 0.29) is 5.91 Å². The van der Waals surface area contributed by atoms with Crippen molar-refractivity contribution in [3.63, 3.8) is 0 Å². The topological polar surface area (TPSA) is 65.5 Å². The van der Waals surface area contributed by atoms with Crippen LogP contribution in [-0.4, -0.2) is 32.5 Å². The summed E-state index contributed by atoms with van der Waals surface area (Å²) in [5.74, 6) is 0.749. The standard InChI is InChI=1S/C18H28N4O/c1-4-18(9-6-10-18)13-22-17(20-3)21-12-14-7-5-8-15(11-14)16(23)19-2/h5,7-8,11H,4,6,9-10,12-13H2,1-3H3,(H,19,23)(H2,20,21,22). The zero-order chi connectivity index (χ0) is 16.7. The van der Waals surface area contributed by atoms with Gasteiger partial charge in [-0.05, 0) is 42.4 Å². The van der Waals surface area contributed by atoms with Crippen molar-refractivity contribution in [1.82, 2.24) is 16.0 Å². The Kier molecular flexibility index (Phi) is 6.02. The molecule has 0 radical (unpaired) electrons. The predicted octanol–water partition coefficient (Wildman–Crippen LogP) is 2.29. The maximum absolute atomic E-state index is 11.7. The SMILES string of the molecule is CCC1(CNC(=NC)NCc2cccc(C(=O)NC)c2)CCC1. The van der Waals surface area contributed by atoms with E-state index in [0.717, 1.165) is 18.1 Å². The van der Waals surface area contributed by atoms with Crippen LogP contribution in [0.25, 0.3) is 0 Å². The molecular weight excluding hydrogens is 288 g/mol. The molecule has 3 N–H and O–H groups in total. The second kappa shape index (κ2) is 7.99. The third kappa shape index (κ3) is 4.47. The van der Waals surface area contributed by atoms with Gasteiger partial charge in [-0.25, -0.2) is 0 Å². The van der Waals surface area contributed by atoms with Crippen LogP contribution >= 0.6 is 0 Å². The molecule has 5 heteroatoms. The molecule has 0 unspecified atom stereocenters. The van der Waals surface area contributed by atoms with Crippen molar-refractivity contribution in [2.45, 2.75) is 39.2 Å². The number of carbonyl (C=O) groups excluding carboxylic acids is 1. The van der Waals surface area contributed by atoms with Crippen molar-refractivity contribution < 1.29 is 4.79 Å². The molecule has 1 aromatic carbocycles. The predicted molar refractivity (Wildman–Crippen MR) is 94.6 cm³/mol. The van der Waals surface area contributed by atoms with Gasteiger partial charge in [0.1, 0.15) is 0 Å². The summed E-state index contributed by atoms with van der Waals surface area (Å²) < 4.78 is 0. The van der Waals surface area contributed by atoms with E-state index in [1.165, 1.54) is 25.7 Å². The monoisotopic (exact) mass is 316 g/mol. The number of benzene rings is 1. The lowest BCUT2D eigenvalue weighted by molar-refractivity contribution is 0.0963. The second-order valence-corrected chi connectivity index (χ2v) is 6.27. The molecule has 1 fully saturated rings. The van der Waals surface area contributed by atoms with Crippen LogP contribution in [0.4, 0.5) is 0 Å². The van der Waals surface area contributed by atoms with E-state index in [9.17, 15) is 4.79 Å². The van der Waals surface area contributed by atoms with E-state index in [0.29, 0.717) is 17.5 Å². The molecule has 2 rings (SSSR count). The molecule has 0 aliphatic heterocycles. The van der Waals surface area contributed by atoms with E-state index in [4.69, 9.17) is 0 Å². The van der Waals surface area contributed by atoms with Crippen molar-refractivity contribution in [1.29, 1.82) is 0 Å². The van der Waals surface area contributed by atoms with Gasteiger partial charge in [0.05, 0.1) is 0 Å². The molecule has 5 nitrogen and oxygen atoms in total. The van der Waals surface area contributed by atoms with E-state index in [1.807, 2.05) is 24.3 Å². The number of nitrogens with zero attached hydrogens (tertiary/aromatic N) is 1. The maximum Gasteiger partial charge on any atom is 0.251 e. The number of rotatable bonds is 6. The summed E-state index contributed by atoms with van der Waals surface area (Å²) >= 11 is 0. The molecule has 23 heavy (non-hydrogen) atoms. The summed E-state index contributed by atoms with van der Waals surface area (Å²) in [4.78, 5) is 16.0. The zero-order valence-corrected chi connectivity index (χ0v) is 14.4. The van der Waals surface area contributed by atoms with Crippen LogP contribution in [0.1, 0.15) is 48.5 Å². The average Bonchev–Trinajstić information content (AvgIpc) is 2.56. The largest absolute Gasteiger partial charge is 0.356 e. The van der Waals surface area contributed by atoms with Crippen LogP contribution in [0.3, 0.4) is 0 Å². The second-order valence-electron chi connectivity index (χ2n) is 6.27. The van der Waals surface area contributed by atoms with Crippen LogP contribution in [0.2, 0.25) is 0 Å². The Morgan fingerprint density at radius 1 is 1.30 bits per heavy atom. The number of guanidine groups is 1. The first kappa shape index (κ1) is 17.3. The van der Waals surface area contributed by atoms with Gasteiger partial charge in [0, 0.05) is 32.7 Å². The maximum atomic E-state index is 11.7. The first-order valence-electron chi connectivity index (χ1n) is 8.38. The molecule has 0 bridgehead atoms. The molecule has 1 aliphatic carbocycles. The highest BCUT2D eigenvalue weighted by atomic mass is 16.1. The minimum Gasteiger partial charge on any atom is -0.356 e. The van der Waals surface area contributed by atoms with Crippen LogP contribution in [0.5, 0.6) is 0 Å². The lowest BCUT2D eigenvalue weighted by Crippen LogP contribution is -2.46. The minimum absolute atomic E-state index is 0.0655. The minimum atomic E-state index is -0.0655. The molecule has 1 saturated carbocycles. The molecule has 0 aromatic heterocycles. The summed E-state index contributed by atoms with van der Waals surface area (Å²) in [5, 5.41) is 9.41.